The van der Waals surface area contributed by atoms with Crippen molar-refractivity contribution in [3.05, 3.63) is 146 Å². The zero-order valence-electron chi connectivity index (χ0n) is 53.9. The second kappa shape index (κ2) is 69.8. The quantitative estimate of drug-likeness (QED) is 0.0261. The van der Waals surface area contributed by atoms with Gasteiger partial charge >= 0.3 is 17.9 Å². The van der Waals surface area contributed by atoms with Gasteiger partial charge in [-0.3, -0.25) is 14.4 Å². The first-order valence-electron chi connectivity index (χ1n) is 34.3. The Hall–Kier alpha value is -4.71. The Labute approximate surface area is 512 Å². The highest BCUT2D eigenvalue weighted by atomic mass is 16.6. The van der Waals surface area contributed by atoms with Crippen molar-refractivity contribution in [3.63, 3.8) is 0 Å². The monoisotopic (exact) mass is 1150 g/mol. The van der Waals surface area contributed by atoms with Gasteiger partial charge in [-0.2, -0.15) is 0 Å². The Morgan fingerprint density at radius 2 is 0.434 bits per heavy atom. The van der Waals surface area contributed by atoms with Gasteiger partial charge in [0.15, 0.2) is 6.10 Å². The highest BCUT2D eigenvalue weighted by Gasteiger charge is 2.19. The summed E-state index contributed by atoms with van der Waals surface area (Å²) >= 11 is 0. The molecule has 0 aliphatic heterocycles. The summed E-state index contributed by atoms with van der Waals surface area (Å²) in [6, 6.07) is 0. The van der Waals surface area contributed by atoms with Gasteiger partial charge in [-0.25, -0.2) is 0 Å². The summed E-state index contributed by atoms with van der Waals surface area (Å²) in [7, 11) is 0. The van der Waals surface area contributed by atoms with Crippen LogP contribution in [-0.2, 0) is 28.6 Å². The largest absolute Gasteiger partial charge is 0.462 e. The molecule has 0 saturated heterocycles. The molecule has 6 heteroatoms. The zero-order chi connectivity index (χ0) is 59.9. The predicted octanol–water partition coefficient (Wildman–Crippen LogP) is 23.9. The molecule has 83 heavy (non-hydrogen) atoms. The minimum Gasteiger partial charge on any atom is -0.462 e. The van der Waals surface area contributed by atoms with Crippen LogP contribution >= 0.6 is 0 Å². The Morgan fingerprint density at radius 3 is 0.699 bits per heavy atom. The Balaban J connectivity index is 4.37. The van der Waals surface area contributed by atoms with Gasteiger partial charge in [0.05, 0.1) is 0 Å². The SMILES string of the molecule is CC/C=C\C/C=C\C/C=C\C/C=C\CCCCCCCCCCCCCCC(=O)OCC(COC(=O)CCCC/C=C\C/C=C\C/C=C\C/C=C\CC)OC(=O)CCCCCCCCCCCCCC/C=C\C/C=C\C/C=C\C/C=C\CC. The van der Waals surface area contributed by atoms with E-state index in [1.54, 1.807) is 0 Å². The summed E-state index contributed by atoms with van der Waals surface area (Å²) in [5.74, 6) is -0.938. The van der Waals surface area contributed by atoms with Crippen molar-refractivity contribution in [1.82, 2.24) is 0 Å². The van der Waals surface area contributed by atoms with Crippen molar-refractivity contribution in [2.24, 2.45) is 0 Å². The molecule has 1 unspecified atom stereocenters. The number of esters is 3. The first kappa shape index (κ1) is 78.3. The average Bonchev–Trinajstić information content (AvgIpc) is 3.49. The number of carbonyl (C=O) groups excluding carboxylic acids is 3. The van der Waals surface area contributed by atoms with Crippen molar-refractivity contribution < 1.29 is 28.6 Å². The fourth-order valence-corrected chi connectivity index (χ4v) is 9.30. The lowest BCUT2D eigenvalue weighted by Gasteiger charge is -2.18. The summed E-state index contributed by atoms with van der Waals surface area (Å²) in [4.78, 5) is 38.4. The molecule has 470 valence electrons. The number of carbonyl (C=O) groups is 3. The van der Waals surface area contributed by atoms with Crippen LogP contribution in [0.3, 0.4) is 0 Å². The number of unbranched alkanes of at least 4 members (excludes halogenated alkanes) is 26. The van der Waals surface area contributed by atoms with Gasteiger partial charge in [0.25, 0.3) is 0 Å². The molecule has 0 aromatic rings. The molecule has 0 saturated carbocycles. The first-order chi connectivity index (χ1) is 41.0. The van der Waals surface area contributed by atoms with Gasteiger partial charge in [0.2, 0.25) is 0 Å². The molecule has 0 N–H and O–H groups in total. The van der Waals surface area contributed by atoms with E-state index in [0.29, 0.717) is 19.3 Å². The maximum atomic E-state index is 13.0. The van der Waals surface area contributed by atoms with E-state index in [-0.39, 0.29) is 31.1 Å². The fraction of sp³-hybridized carbons (Fsp3) is 0.649. The van der Waals surface area contributed by atoms with Crippen molar-refractivity contribution in [3.8, 4) is 0 Å². The molecule has 0 heterocycles. The summed E-state index contributed by atoms with van der Waals surface area (Å²) < 4.78 is 16.9. The molecule has 0 bridgehead atoms. The molecule has 6 nitrogen and oxygen atoms in total. The predicted molar refractivity (Wildman–Crippen MR) is 362 cm³/mol. The van der Waals surface area contributed by atoms with E-state index in [1.165, 1.54) is 128 Å². The van der Waals surface area contributed by atoms with Gasteiger partial charge in [-0.05, 0) is 135 Å². The van der Waals surface area contributed by atoms with Gasteiger partial charge in [0.1, 0.15) is 13.2 Å². The van der Waals surface area contributed by atoms with Crippen LogP contribution in [0.5, 0.6) is 0 Å². The molecule has 0 fully saturated rings. The molecule has 1 atom stereocenters. The lowest BCUT2D eigenvalue weighted by molar-refractivity contribution is -0.167. The molecule has 0 spiro atoms. The third kappa shape index (κ3) is 68.0. The minimum absolute atomic E-state index is 0.0962. The van der Waals surface area contributed by atoms with Crippen molar-refractivity contribution >= 4 is 17.9 Å². The normalized spacial score (nSPS) is 13.0. The van der Waals surface area contributed by atoms with Crippen LogP contribution in [-0.4, -0.2) is 37.2 Å². The Bertz CT molecular complexity index is 1800. The van der Waals surface area contributed by atoms with Crippen LogP contribution in [0.1, 0.15) is 303 Å². The highest BCUT2D eigenvalue weighted by Crippen LogP contribution is 2.16. The summed E-state index contributed by atoms with van der Waals surface area (Å²) in [5, 5.41) is 0. The second-order valence-electron chi connectivity index (χ2n) is 22.3. The maximum Gasteiger partial charge on any atom is 0.306 e. The summed E-state index contributed by atoms with van der Waals surface area (Å²) in [6.45, 7) is 6.28. The number of hydrogen-bond acceptors (Lipinski definition) is 6. The minimum atomic E-state index is -0.804. The number of ether oxygens (including phenoxy) is 3. The Morgan fingerprint density at radius 1 is 0.241 bits per heavy atom. The fourth-order valence-electron chi connectivity index (χ4n) is 9.30. The smallest absolute Gasteiger partial charge is 0.306 e. The second-order valence-corrected chi connectivity index (χ2v) is 22.3. The van der Waals surface area contributed by atoms with Gasteiger partial charge in [-0.15, -0.1) is 0 Å². The van der Waals surface area contributed by atoms with E-state index >= 15 is 0 Å². The molecule has 0 amide bonds. The molecule has 0 aliphatic carbocycles. The lowest BCUT2D eigenvalue weighted by atomic mass is 10.0. The number of hydrogen-bond donors (Lipinski definition) is 0. The molecule has 0 rings (SSSR count). The van der Waals surface area contributed by atoms with Gasteiger partial charge < -0.3 is 14.2 Å². The average molecular weight is 1150 g/mol. The molecular weight excluding hydrogens is 1020 g/mol. The van der Waals surface area contributed by atoms with E-state index in [1.807, 2.05) is 0 Å². The summed E-state index contributed by atoms with van der Waals surface area (Å²) in [6.07, 6.45) is 100. The van der Waals surface area contributed by atoms with E-state index in [9.17, 15) is 14.4 Å². The van der Waals surface area contributed by atoms with Crippen LogP contribution in [0.25, 0.3) is 0 Å². The third-order valence-corrected chi connectivity index (χ3v) is 14.3. The molecular formula is C77H126O6. The van der Waals surface area contributed by atoms with E-state index in [4.69, 9.17) is 14.2 Å². The maximum absolute atomic E-state index is 13.0. The zero-order valence-corrected chi connectivity index (χ0v) is 53.9. The van der Waals surface area contributed by atoms with Crippen molar-refractivity contribution in [2.75, 3.05) is 13.2 Å². The third-order valence-electron chi connectivity index (χ3n) is 14.3. The van der Waals surface area contributed by atoms with Crippen LogP contribution in [0, 0.1) is 0 Å². The topological polar surface area (TPSA) is 78.9 Å². The first-order valence-corrected chi connectivity index (χ1v) is 34.3. The molecule has 0 aliphatic rings. The van der Waals surface area contributed by atoms with Crippen molar-refractivity contribution in [1.29, 1.82) is 0 Å². The van der Waals surface area contributed by atoms with Crippen LogP contribution in [0.2, 0.25) is 0 Å². The van der Waals surface area contributed by atoms with E-state index in [0.717, 1.165) is 135 Å². The standard InChI is InChI=1S/C77H126O6/c1-4-7-10-13-16-19-22-25-28-30-32-34-36-38-40-42-44-46-49-52-55-58-61-64-67-70-76(79)82-73-74(72-81-75(78)69-66-63-60-57-54-51-48-27-24-21-18-15-12-9-6-3)83-77(80)71-68-65-62-59-56-53-50-47-45-43-41-39-37-35-33-31-29-26-23-20-17-14-11-8-5-2/h7-12,16-21,25-29,32-35,48,54,57,74H,4-6,13-15,22-24,30-31,36-47,49-53,55-56,58-73H2,1-3H3/b10-7-,11-8-,12-9-,19-16-,20-17-,21-18-,28-25-,29-26-,34-32-,35-33-,48-27-,57-54-. The van der Waals surface area contributed by atoms with Crippen LogP contribution in [0.15, 0.2) is 146 Å². The molecule has 0 aromatic heterocycles. The van der Waals surface area contributed by atoms with Gasteiger partial charge in [0, 0.05) is 19.3 Å². The van der Waals surface area contributed by atoms with Gasteiger partial charge in [-0.1, -0.05) is 295 Å². The van der Waals surface area contributed by atoms with Crippen molar-refractivity contribution in [2.45, 2.75) is 309 Å². The number of allylic oxidation sites excluding steroid dienone is 24. The van der Waals surface area contributed by atoms with Crippen LogP contribution < -0.4 is 0 Å². The van der Waals surface area contributed by atoms with E-state index in [2.05, 4.69) is 167 Å². The summed E-state index contributed by atoms with van der Waals surface area (Å²) in [5.41, 5.74) is 0. The highest BCUT2D eigenvalue weighted by molar-refractivity contribution is 5.71. The van der Waals surface area contributed by atoms with Crippen LogP contribution in [0.4, 0.5) is 0 Å². The molecule has 0 aromatic carbocycles. The van der Waals surface area contributed by atoms with E-state index < -0.39 is 6.10 Å². The number of rotatable bonds is 61. The Kier molecular flexibility index (Phi) is 65.8. The lowest BCUT2D eigenvalue weighted by Crippen LogP contribution is -2.30. The molecule has 0 radical (unpaired) electrons.